The van der Waals surface area contributed by atoms with E-state index in [0.29, 0.717) is 12.8 Å². The summed E-state index contributed by atoms with van der Waals surface area (Å²) in [6, 6.07) is 0. The molecule has 1 atom stereocenters. The summed E-state index contributed by atoms with van der Waals surface area (Å²) in [7, 11) is 0. The molecule has 0 amide bonds. The lowest BCUT2D eigenvalue weighted by molar-refractivity contribution is -0.167. The van der Waals surface area contributed by atoms with Gasteiger partial charge in [0.1, 0.15) is 13.2 Å². The molecular formula is C62H102O6. The van der Waals surface area contributed by atoms with Crippen LogP contribution in [0.4, 0.5) is 0 Å². The van der Waals surface area contributed by atoms with Gasteiger partial charge in [0.15, 0.2) is 6.10 Å². The van der Waals surface area contributed by atoms with E-state index in [1.54, 1.807) is 0 Å². The molecule has 0 aliphatic rings. The topological polar surface area (TPSA) is 78.9 Å². The first kappa shape index (κ1) is 64.1. The highest BCUT2D eigenvalue weighted by Crippen LogP contribution is 2.12. The number of unbranched alkanes of at least 4 members (excludes halogenated alkanes) is 20. The number of rotatable bonds is 49. The van der Waals surface area contributed by atoms with Gasteiger partial charge in [0.25, 0.3) is 0 Å². The monoisotopic (exact) mass is 943 g/mol. The summed E-state index contributed by atoms with van der Waals surface area (Å²) in [6.45, 7) is 6.49. The number of esters is 3. The summed E-state index contributed by atoms with van der Waals surface area (Å²) in [4.78, 5) is 38.1. The summed E-state index contributed by atoms with van der Waals surface area (Å²) >= 11 is 0. The van der Waals surface area contributed by atoms with E-state index < -0.39 is 6.10 Å². The van der Waals surface area contributed by atoms with Crippen LogP contribution in [-0.2, 0) is 28.6 Å². The maximum Gasteiger partial charge on any atom is 0.306 e. The third-order valence-corrected chi connectivity index (χ3v) is 11.5. The summed E-state index contributed by atoms with van der Waals surface area (Å²) in [5.41, 5.74) is 0. The van der Waals surface area contributed by atoms with Gasteiger partial charge in [-0.15, -0.1) is 0 Å². The zero-order chi connectivity index (χ0) is 49.3. The molecule has 0 radical (unpaired) electrons. The average molecular weight is 943 g/mol. The maximum absolute atomic E-state index is 12.8. The Bertz CT molecular complexity index is 1410. The molecule has 0 bridgehead atoms. The first-order valence-electron chi connectivity index (χ1n) is 27.9. The fourth-order valence-corrected chi connectivity index (χ4v) is 7.23. The van der Waals surface area contributed by atoms with Crippen molar-refractivity contribution in [2.75, 3.05) is 13.2 Å². The van der Waals surface area contributed by atoms with Crippen molar-refractivity contribution in [3.8, 4) is 0 Å². The molecule has 0 saturated heterocycles. The first-order valence-corrected chi connectivity index (χ1v) is 27.9. The van der Waals surface area contributed by atoms with E-state index in [1.807, 2.05) is 0 Å². The minimum atomic E-state index is -0.813. The van der Waals surface area contributed by atoms with E-state index in [4.69, 9.17) is 14.2 Å². The van der Waals surface area contributed by atoms with Gasteiger partial charge in [0, 0.05) is 19.3 Å². The van der Waals surface area contributed by atoms with E-state index in [9.17, 15) is 14.4 Å². The molecule has 0 fully saturated rings. The van der Waals surface area contributed by atoms with Gasteiger partial charge in [-0.25, -0.2) is 0 Å². The third kappa shape index (κ3) is 53.0. The number of allylic oxidation sites excluding steroid dienone is 18. The quantitative estimate of drug-likeness (QED) is 0.0262. The molecule has 6 nitrogen and oxygen atoms in total. The highest BCUT2D eigenvalue weighted by Gasteiger charge is 2.19. The molecule has 6 heteroatoms. The number of hydrogen-bond donors (Lipinski definition) is 0. The molecule has 0 spiro atoms. The van der Waals surface area contributed by atoms with Crippen LogP contribution in [0.1, 0.15) is 245 Å². The second-order valence-corrected chi connectivity index (χ2v) is 18.1. The van der Waals surface area contributed by atoms with Crippen molar-refractivity contribution >= 4 is 17.9 Å². The van der Waals surface area contributed by atoms with Crippen LogP contribution in [0.3, 0.4) is 0 Å². The number of carbonyl (C=O) groups is 3. The summed E-state index contributed by atoms with van der Waals surface area (Å²) in [5.74, 6) is -0.982. The van der Waals surface area contributed by atoms with Gasteiger partial charge in [0.2, 0.25) is 0 Å². The molecule has 0 unspecified atom stereocenters. The van der Waals surface area contributed by atoms with Crippen LogP contribution in [0.5, 0.6) is 0 Å². The second kappa shape index (κ2) is 55.7. The van der Waals surface area contributed by atoms with Gasteiger partial charge in [-0.1, -0.05) is 201 Å². The molecule has 0 rings (SSSR count). The molecule has 0 aliphatic heterocycles. The van der Waals surface area contributed by atoms with Crippen molar-refractivity contribution in [3.63, 3.8) is 0 Å². The maximum atomic E-state index is 12.8. The van der Waals surface area contributed by atoms with Crippen molar-refractivity contribution in [1.82, 2.24) is 0 Å². The Morgan fingerprint density at radius 1 is 0.294 bits per heavy atom. The fraction of sp³-hybridized carbons (Fsp3) is 0.661. The Morgan fingerprint density at radius 3 is 0.853 bits per heavy atom. The molecule has 0 aliphatic carbocycles. The highest BCUT2D eigenvalue weighted by atomic mass is 16.6. The molecule has 0 aromatic carbocycles. The van der Waals surface area contributed by atoms with Crippen LogP contribution in [0.2, 0.25) is 0 Å². The van der Waals surface area contributed by atoms with Gasteiger partial charge in [-0.2, -0.15) is 0 Å². The summed E-state index contributed by atoms with van der Waals surface area (Å²) in [6.07, 6.45) is 75.0. The van der Waals surface area contributed by atoms with Crippen LogP contribution in [0.25, 0.3) is 0 Å². The Balaban J connectivity index is 4.52. The summed E-state index contributed by atoms with van der Waals surface area (Å²) in [5, 5.41) is 0. The molecule has 0 heterocycles. The van der Waals surface area contributed by atoms with Crippen molar-refractivity contribution in [3.05, 3.63) is 109 Å². The molecule has 386 valence electrons. The zero-order valence-electron chi connectivity index (χ0n) is 44.1. The van der Waals surface area contributed by atoms with Gasteiger partial charge in [-0.05, 0) is 135 Å². The predicted octanol–water partition coefficient (Wildman–Crippen LogP) is 18.7. The molecule has 0 N–H and O–H groups in total. The first-order chi connectivity index (χ1) is 33.5. The van der Waals surface area contributed by atoms with Gasteiger partial charge in [-0.3, -0.25) is 14.4 Å². The van der Waals surface area contributed by atoms with Crippen LogP contribution in [-0.4, -0.2) is 37.2 Å². The van der Waals surface area contributed by atoms with Gasteiger partial charge < -0.3 is 14.2 Å². The lowest BCUT2D eigenvalue weighted by Crippen LogP contribution is -2.30. The van der Waals surface area contributed by atoms with Crippen molar-refractivity contribution in [2.45, 2.75) is 252 Å². The Kier molecular flexibility index (Phi) is 52.4. The molecular weight excluding hydrogens is 841 g/mol. The largest absolute Gasteiger partial charge is 0.462 e. The Morgan fingerprint density at radius 2 is 0.529 bits per heavy atom. The van der Waals surface area contributed by atoms with Crippen molar-refractivity contribution < 1.29 is 28.6 Å². The van der Waals surface area contributed by atoms with E-state index in [-0.39, 0.29) is 37.5 Å². The molecule has 0 aromatic heterocycles. The van der Waals surface area contributed by atoms with E-state index in [0.717, 1.165) is 122 Å². The minimum Gasteiger partial charge on any atom is -0.462 e. The third-order valence-electron chi connectivity index (χ3n) is 11.5. The number of ether oxygens (including phenoxy) is 3. The van der Waals surface area contributed by atoms with Crippen LogP contribution in [0, 0.1) is 0 Å². The minimum absolute atomic E-state index is 0.108. The fourth-order valence-electron chi connectivity index (χ4n) is 7.23. The van der Waals surface area contributed by atoms with E-state index >= 15 is 0 Å². The van der Waals surface area contributed by atoms with Crippen LogP contribution < -0.4 is 0 Å². The molecule has 68 heavy (non-hydrogen) atoms. The van der Waals surface area contributed by atoms with Gasteiger partial charge in [0.05, 0.1) is 0 Å². The highest BCUT2D eigenvalue weighted by molar-refractivity contribution is 5.71. The normalized spacial score (nSPS) is 12.9. The van der Waals surface area contributed by atoms with Gasteiger partial charge >= 0.3 is 17.9 Å². The SMILES string of the molecule is CCCCC/C=C\C/C=C\C/C=C\C/C=C\CCCCCC(=O)OC[C@@H](COC(=O)CCCCCCC/C=C\CCCCC)OC(=O)CCCCC/C=C\C/C=C\C/C=C\C/C=C\CCCCC. The van der Waals surface area contributed by atoms with Crippen molar-refractivity contribution in [2.24, 2.45) is 0 Å². The Hall–Kier alpha value is -3.93. The van der Waals surface area contributed by atoms with E-state index in [1.165, 1.54) is 83.5 Å². The number of hydrogen-bond acceptors (Lipinski definition) is 6. The lowest BCUT2D eigenvalue weighted by Gasteiger charge is -2.18. The van der Waals surface area contributed by atoms with E-state index in [2.05, 4.69) is 130 Å². The summed E-state index contributed by atoms with van der Waals surface area (Å²) < 4.78 is 16.8. The second-order valence-electron chi connectivity index (χ2n) is 18.1. The average Bonchev–Trinajstić information content (AvgIpc) is 3.34. The zero-order valence-corrected chi connectivity index (χ0v) is 44.1. The Labute approximate surface area is 419 Å². The number of carbonyl (C=O) groups excluding carboxylic acids is 3. The lowest BCUT2D eigenvalue weighted by atomic mass is 10.1. The molecule has 0 aromatic rings. The standard InChI is InChI=1S/C62H102O6/c1-4-7-10-13-16-19-22-25-27-29-31-33-35-37-40-43-46-49-52-55-61(64)67-58-59(57-66-60(63)54-51-48-45-42-39-24-21-18-15-12-9-6-3)68-62(65)56-53-50-47-44-41-38-36-34-32-30-28-26-23-20-17-14-11-8-5-2/h16-21,25-28,31-34,37-38,40-41,59H,4-15,22-24,29-30,35-36,39,42-58H2,1-3H3/b19-16-,20-17-,21-18-,27-25-,28-26-,33-31-,34-32-,40-37-,41-38-/t59-/m1/s1. The smallest absolute Gasteiger partial charge is 0.306 e. The molecule has 0 saturated carbocycles. The van der Waals surface area contributed by atoms with Crippen LogP contribution in [0.15, 0.2) is 109 Å². The van der Waals surface area contributed by atoms with Crippen LogP contribution >= 0.6 is 0 Å². The van der Waals surface area contributed by atoms with Crippen molar-refractivity contribution in [1.29, 1.82) is 0 Å². The predicted molar refractivity (Wildman–Crippen MR) is 293 cm³/mol.